The molecule has 3 rings (SSSR count). The summed E-state index contributed by atoms with van der Waals surface area (Å²) in [7, 11) is 0. The van der Waals surface area contributed by atoms with Gasteiger partial charge in [0.05, 0.1) is 12.2 Å². The van der Waals surface area contributed by atoms with Crippen molar-refractivity contribution in [3.8, 4) is 0 Å². The van der Waals surface area contributed by atoms with Crippen LogP contribution in [0.4, 0.5) is 0 Å². The highest BCUT2D eigenvalue weighted by atomic mass is 16.1. The first-order valence-corrected chi connectivity index (χ1v) is 8.07. The molecule has 0 saturated carbocycles. The summed E-state index contributed by atoms with van der Waals surface area (Å²) in [5, 5.41) is 5.58. The van der Waals surface area contributed by atoms with Gasteiger partial charge in [0.15, 0.2) is 5.65 Å². The summed E-state index contributed by atoms with van der Waals surface area (Å²) in [6.45, 7) is 5.99. The minimum absolute atomic E-state index is 0.0591. The minimum Gasteiger partial charge on any atom is -0.350 e. The second-order valence-electron chi connectivity index (χ2n) is 5.95. The van der Waals surface area contributed by atoms with Crippen LogP contribution in [-0.2, 0) is 17.8 Å². The summed E-state index contributed by atoms with van der Waals surface area (Å²) in [6.07, 6.45) is 2.56. The van der Waals surface area contributed by atoms with Gasteiger partial charge in [0.25, 0.3) is 5.56 Å². The van der Waals surface area contributed by atoms with E-state index in [-0.39, 0.29) is 11.5 Å². The number of carbonyl (C=O) groups excluding carboxylic acids is 1. The SMILES string of the molecule is Cc1nccc(CNC(=O)CCc2c(C)nc3cc(=O)[nH]n3c2C)n1. The first-order valence-electron chi connectivity index (χ1n) is 8.07. The maximum absolute atomic E-state index is 12.1. The standard InChI is InChI=1S/C17H20N6O2/c1-10-14(11(2)23-15(20-10)8-17(25)22-23)4-5-16(24)19-9-13-6-7-18-12(3)21-13/h6-8H,4-5,9H2,1-3H3,(H,19,24)(H,22,25). The molecule has 0 radical (unpaired) electrons. The Labute approximate surface area is 144 Å². The Bertz CT molecular complexity index is 988. The van der Waals surface area contributed by atoms with E-state index in [0.29, 0.717) is 30.9 Å². The zero-order valence-corrected chi connectivity index (χ0v) is 14.5. The van der Waals surface area contributed by atoms with Gasteiger partial charge in [0.2, 0.25) is 5.91 Å². The Morgan fingerprint density at radius 2 is 2.08 bits per heavy atom. The molecule has 0 aliphatic carbocycles. The maximum Gasteiger partial charge on any atom is 0.266 e. The van der Waals surface area contributed by atoms with Crippen LogP contribution in [0.2, 0.25) is 0 Å². The molecular formula is C17H20N6O2. The Kier molecular flexibility index (Phi) is 4.60. The molecule has 0 aromatic carbocycles. The predicted octanol–water partition coefficient (Wildman–Crippen LogP) is 0.987. The molecule has 25 heavy (non-hydrogen) atoms. The first-order chi connectivity index (χ1) is 11.9. The highest BCUT2D eigenvalue weighted by molar-refractivity contribution is 5.76. The predicted molar refractivity (Wildman–Crippen MR) is 92.2 cm³/mol. The summed E-state index contributed by atoms with van der Waals surface area (Å²) in [5.41, 5.74) is 3.87. The van der Waals surface area contributed by atoms with Crippen molar-refractivity contribution in [2.24, 2.45) is 0 Å². The maximum atomic E-state index is 12.1. The molecule has 2 N–H and O–H groups in total. The van der Waals surface area contributed by atoms with E-state index < -0.39 is 0 Å². The second-order valence-corrected chi connectivity index (χ2v) is 5.95. The lowest BCUT2D eigenvalue weighted by Gasteiger charge is -2.11. The van der Waals surface area contributed by atoms with Gasteiger partial charge >= 0.3 is 0 Å². The van der Waals surface area contributed by atoms with Crippen molar-refractivity contribution < 1.29 is 4.79 Å². The quantitative estimate of drug-likeness (QED) is 0.720. The molecule has 0 aliphatic heterocycles. The third-order valence-electron chi connectivity index (χ3n) is 4.10. The van der Waals surface area contributed by atoms with E-state index in [1.807, 2.05) is 20.8 Å². The molecule has 8 nitrogen and oxygen atoms in total. The lowest BCUT2D eigenvalue weighted by Crippen LogP contribution is -2.24. The van der Waals surface area contributed by atoms with E-state index in [0.717, 1.165) is 22.6 Å². The number of aromatic nitrogens is 5. The molecule has 0 fully saturated rings. The van der Waals surface area contributed by atoms with E-state index in [4.69, 9.17) is 0 Å². The molecule has 0 aliphatic rings. The third-order valence-corrected chi connectivity index (χ3v) is 4.10. The van der Waals surface area contributed by atoms with Gasteiger partial charge in [-0.1, -0.05) is 0 Å². The van der Waals surface area contributed by atoms with Crippen molar-refractivity contribution in [2.75, 3.05) is 0 Å². The van der Waals surface area contributed by atoms with Gasteiger partial charge < -0.3 is 5.32 Å². The van der Waals surface area contributed by atoms with Crippen LogP contribution in [0.25, 0.3) is 5.65 Å². The highest BCUT2D eigenvalue weighted by Crippen LogP contribution is 2.15. The smallest absolute Gasteiger partial charge is 0.266 e. The zero-order chi connectivity index (χ0) is 18.0. The van der Waals surface area contributed by atoms with Gasteiger partial charge in [0, 0.05) is 30.1 Å². The summed E-state index contributed by atoms with van der Waals surface area (Å²) < 4.78 is 1.66. The number of hydrogen-bond acceptors (Lipinski definition) is 5. The van der Waals surface area contributed by atoms with E-state index in [1.54, 1.807) is 16.8 Å². The molecule has 0 atom stereocenters. The van der Waals surface area contributed by atoms with Crippen LogP contribution in [-0.4, -0.2) is 30.5 Å². The minimum atomic E-state index is -0.190. The largest absolute Gasteiger partial charge is 0.350 e. The molecule has 3 aromatic heterocycles. The lowest BCUT2D eigenvalue weighted by molar-refractivity contribution is -0.121. The van der Waals surface area contributed by atoms with Crippen LogP contribution in [0.15, 0.2) is 23.1 Å². The monoisotopic (exact) mass is 340 g/mol. The summed E-state index contributed by atoms with van der Waals surface area (Å²) in [4.78, 5) is 36.3. The number of carbonyl (C=O) groups is 1. The van der Waals surface area contributed by atoms with Crippen LogP contribution in [0.5, 0.6) is 0 Å². The number of aryl methyl sites for hydroxylation is 3. The second kappa shape index (κ2) is 6.84. The fourth-order valence-corrected chi connectivity index (χ4v) is 2.84. The Hall–Kier alpha value is -3.03. The number of hydrogen-bond donors (Lipinski definition) is 2. The molecule has 130 valence electrons. The van der Waals surface area contributed by atoms with Crippen molar-refractivity contribution in [3.63, 3.8) is 0 Å². The number of aromatic amines is 1. The molecule has 1 amide bonds. The number of H-pyrrole nitrogens is 1. The molecule has 8 heteroatoms. The van der Waals surface area contributed by atoms with Gasteiger partial charge in [-0.15, -0.1) is 0 Å². The van der Waals surface area contributed by atoms with Crippen molar-refractivity contribution >= 4 is 11.6 Å². The number of rotatable bonds is 5. The Morgan fingerprint density at radius 1 is 1.28 bits per heavy atom. The van der Waals surface area contributed by atoms with Gasteiger partial charge in [-0.2, -0.15) is 0 Å². The van der Waals surface area contributed by atoms with E-state index in [1.165, 1.54) is 6.07 Å². The van der Waals surface area contributed by atoms with E-state index in [2.05, 4.69) is 25.4 Å². The average Bonchev–Trinajstić information content (AvgIpc) is 2.93. The van der Waals surface area contributed by atoms with Crippen LogP contribution in [0.1, 0.15) is 34.9 Å². The van der Waals surface area contributed by atoms with Crippen molar-refractivity contribution in [2.45, 2.75) is 40.2 Å². The van der Waals surface area contributed by atoms with Gasteiger partial charge in [-0.05, 0) is 38.8 Å². The van der Waals surface area contributed by atoms with Crippen LogP contribution in [0, 0.1) is 20.8 Å². The average molecular weight is 340 g/mol. The Morgan fingerprint density at radius 3 is 2.84 bits per heavy atom. The van der Waals surface area contributed by atoms with Crippen molar-refractivity contribution in [1.29, 1.82) is 0 Å². The van der Waals surface area contributed by atoms with Crippen molar-refractivity contribution in [3.05, 3.63) is 57.2 Å². The fraction of sp³-hybridized carbons (Fsp3) is 0.353. The molecule has 3 aromatic rings. The zero-order valence-electron chi connectivity index (χ0n) is 14.5. The summed E-state index contributed by atoms with van der Waals surface area (Å²) in [6, 6.07) is 3.24. The third kappa shape index (κ3) is 3.73. The van der Waals surface area contributed by atoms with Crippen LogP contribution < -0.4 is 10.9 Å². The summed E-state index contributed by atoms with van der Waals surface area (Å²) >= 11 is 0. The van der Waals surface area contributed by atoms with Crippen LogP contribution in [0.3, 0.4) is 0 Å². The molecule has 3 heterocycles. The molecule has 0 saturated heterocycles. The normalized spacial score (nSPS) is 11.0. The molecule has 0 spiro atoms. The van der Waals surface area contributed by atoms with E-state index in [9.17, 15) is 9.59 Å². The summed E-state index contributed by atoms with van der Waals surface area (Å²) in [5.74, 6) is 0.620. The molecule has 0 unspecified atom stereocenters. The highest BCUT2D eigenvalue weighted by Gasteiger charge is 2.12. The number of fused-ring (bicyclic) bond motifs is 1. The van der Waals surface area contributed by atoms with Gasteiger partial charge in [-0.25, -0.2) is 19.5 Å². The number of nitrogens with one attached hydrogen (secondary N) is 2. The van der Waals surface area contributed by atoms with Crippen molar-refractivity contribution in [1.82, 2.24) is 29.9 Å². The van der Waals surface area contributed by atoms with Gasteiger partial charge in [0.1, 0.15) is 5.82 Å². The lowest BCUT2D eigenvalue weighted by atomic mass is 10.1. The van der Waals surface area contributed by atoms with E-state index >= 15 is 0 Å². The molecular weight excluding hydrogens is 320 g/mol. The first kappa shape index (κ1) is 16.8. The fourth-order valence-electron chi connectivity index (χ4n) is 2.84. The Balaban J connectivity index is 1.66. The number of amides is 1. The topological polar surface area (TPSA) is 105 Å². The van der Waals surface area contributed by atoms with Gasteiger partial charge in [-0.3, -0.25) is 14.7 Å². The number of nitrogens with zero attached hydrogens (tertiary/aromatic N) is 4. The van der Waals surface area contributed by atoms with Crippen LogP contribution >= 0.6 is 0 Å². The molecule has 0 bridgehead atoms.